The molecule has 5 rings (SSSR count). The van der Waals surface area contributed by atoms with E-state index in [1.807, 2.05) is 25.1 Å². The minimum atomic E-state index is -0.603. The Kier molecular flexibility index (Phi) is 7.36. The largest absolute Gasteiger partial charge is 0.497 e. The molecule has 8 nitrogen and oxygen atoms in total. The van der Waals surface area contributed by atoms with Crippen LogP contribution in [0.5, 0.6) is 5.75 Å². The molecule has 0 aliphatic carbocycles. The Morgan fingerprint density at radius 3 is 2.54 bits per heavy atom. The van der Waals surface area contributed by atoms with Gasteiger partial charge >= 0.3 is 5.97 Å². The summed E-state index contributed by atoms with van der Waals surface area (Å²) < 4.78 is 13.2. The number of amides is 1. The highest BCUT2D eigenvalue weighted by Gasteiger charge is 2.23. The molecule has 0 bridgehead atoms. The number of halogens is 1. The van der Waals surface area contributed by atoms with E-state index in [-0.39, 0.29) is 12.3 Å². The number of anilines is 1. The van der Waals surface area contributed by atoms with Crippen LogP contribution in [-0.2, 0) is 20.7 Å². The number of methoxy groups -OCH3 is 1. The van der Waals surface area contributed by atoms with Gasteiger partial charge in [-0.1, -0.05) is 29.0 Å². The lowest BCUT2D eigenvalue weighted by atomic mass is 10.1. The fraction of sp³-hybridized carbons (Fsp3) is 0.172. The molecular weight excluding hydrogens is 538 g/mol. The normalized spacial score (nSPS) is 11.1. The first-order chi connectivity index (χ1) is 18.7. The molecule has 198 valence electrons. The first-order valence-corrected chi connectivity index (χ1v) is 13.2. The van der Waals surface area contributed by atoms with Gasteiger partial charge in [-0.2, -0.15) is 0 Å². The summed E-state index contributed by atoms with van der Waals surface area (Å²) in [5, 5.41) is 4.32. The number of hydrogen-bond acceptors (Lipinski definition) is 7. The maximum absolute atomic E-state index is 13.4. The van der Waals surface area contributed by atoms with Crippen molar-refractivity contribution < 1.29 is 23.9 Å². The fourth-order valence-electron chi connectivity index (χ4n) is 4.38. The maximum Gasteiger partial charge on any atom is 0.310 e. The van der Waals surface area contributed by atoms with E-state index >= 15 is 0 Å². The number of nitrogens with one attached hydrogen (secondary N) is 1. The van der Waals surface area contributed by atoms with Crippen molar-refractivity contribution >= 4 is 67.0 Å². The molecule has 0 saturated carbocycles. The molecule has 1 N–H and O–H groups in total. The van der Waals surface area contributed by atoms with E-state index in [9.17, 15) is 14.4 Å². The average Bonchev–Trinajstić information content (AvgIpc) is 3.44. The van der Waals surface area contributed by atoms with Crippen LogP contribution in [0.4, 0.5) is 5.13 Å². The third-order valence-corrected chi connectivity index (χ3v) is 7.50. The van der Waals surface area contributed by atoms with Crippen LogP contribution in [0.3, 0.4) is 0 Å². The topological polar surface area (TPSA) is 99.5 Å². The van der Waals surface area contributed by atoms with Gasteiger partial charge in [0.15, 0.2) is 11.7 Å². The third kappa shape index (κ3) is 5.50. The van der Waals surface area contributed by atoms with E-state index in [1.165, 1.54) is 11.3 Å². The average molecular weight is 562 g/mol. The molecule has 0 spiro atoms. The minimum Gasteiger partial charge on any atom is -0.497 e. The Bertz CT molecular complexity index is 1740. The molecule has 0 unspecified atom stereocenters. The second kappa shape index (κ2) is 10.9. The van der Waals surface area contributed by atoms with Gasteiger partial charge in [0.05, 0.1) is 29.3 Å². The lowest BCUT2D eigenvalue weighted by Gasteiger charge is -2.08. The summed E-state index contributed by atoms with van der Waals surface area (Å²) in [4.78, 5) is 43.1. The molecule has 1 amide bonds. The highest BCUT2D eigenvalue weighted by molar-refractivity contribution is 7.22. The van der Waals surface area contributed by atoms with Crippen molar-refractivity contribution in [1.29, 1.82) is 0 Å². The van der Waals surface area contributed by atoms with Crippen molar-refractivity contribution in [2.24, 2.45) is 0 Å². The molecule has 2 aromatic heterocycles. The second-order valence-electron chi connectivity index (χ2n) is 8.97. The van der Waals surface area contributed by atoms with Crippen molar-refractivity contribution in [3.8, 4) is 5.75 Å². The van der Waals surface area contributed by atoms with Crippen molar-refractivity contribution in [1.82, 2.24) is 9.55 Å². The summed E-state index contributed by atoms with van der Waals surface area (Å²) >= 11 is 7.34. The highest BCUT2D eigenvalue weighted by atomic mass is 35.5. The minimum absolute atomic E-state index is 0.135. The van der Waals surface area contributed by atoms with Gasteiger partial charge in [-0.3, -0.25) is 24.3 Å². The third-order valence-electron chi connectivity index (χ3n) is 6.31. The summed E-state index contributed by atoms with van der Waals surface area (Å²) in [5.74, 6) is -0.769. The maximum atomic E-state index is 13.4. The van der Waals surface area contributed by atoms with E-state index in [1.54, 1.807) is 61.1 Å². The predicted octanol–water partition coefficient (Wildman–Crippen LogP) is 5.94. The summed E-state index contributed by atoms with van der Waals surface area (Å²) in [7, 11) is 1.54. The van der Waals surface area contributed by atoms with E-state index in [0.717, 1.165) is 15.8 Å². The Balaban J connectivity index is 1.34. The van der Waals surface area contributed by atoms with Gasteiger partial charge in [-0.15, -0.1) is 0 Å². The number of esters is 1. The number of fused-ring (bicyclic) bond motifs is 2. The van der Waals surface area contributed by atoms with Gasteiger partial charge in [0.1, 0.15) is 5.75 Å². The van der Waals surface area contributed by atoms with Crippen molar-refractivity contribution in [2.45, 2.75) is 20.3 Å². The van der Waals surface area contributed by atoms with Crippen LogP contribution in [0.1, 0.15) is 27.2 Å². The van der Waals surface area contributed by atoms with Crippen LogP contribution in [0, 0.1) is 13.8 Å². The predicted molar refractivity (Wildman–Crippen MR) is 152 cm³/mol. The monoisotopic (exact) mass is 561 g/mol. The zero-order valence-electron chi connectivity index (χ0n) is 21.4. The van der Waals surface area contributed by atoms with Crippen LogP contribution >= 0.6 is 22.9 Å². The van der Waals surface area contributed by atoms with Crippen LogP contribution in [0.25, 0.3) is 21.1 Å². The van der Waals surface area contributed by atoms with E-state index in [4.69, 9.17) is 21.1 Å². The summed E-state index contributed by atoms with van der Waals surface area (Å²) in [6.07, 6.45) is -0.135. The number of aromatic nitrogens is 2. The number of nitrogens with zero attached hydrogens (tertiary/aromatic N) is 2. The molecule has 0 aliphatic rings. The van der Waals surface area contributed by atoms with E-state index < -0.39 is 18.5 Å². The van der Waals surface area contributed by atoms with E-state index in [0.29, 0.717) is 43.6 Å². The first-order valence-electron chi connectivity index (χ1n) is 12.0. The van der Waals surface area contributed by atoms with Crippen molar-refractivity contribution in [2.75, 3.05) is 19.0 Å². The zero-order valence-corrected chi connectivity index (χ0v) is 23.0. The van der Waals surface area contributed by atoms with Crippen molar-refractivity contribution in [3.63, 3.8) is 0 Å². The number of carbonyl (C=O) groups is 3. The summed E-state index contributed by atoms with van der Waals surface area (Å²) in [5.41, 5.74) is 4.16. The van der Waals surface area contributed by atoms with Gasteiger partial charge in [0.25, 0.3) is 11.8 Å². The quantitative estimate of drug-likeness (QED) is 0.247. The molecule has 39 heavy (non-hydrogen) atoms. The molecule has 3 aromatic carbocycles. The number of rotatable bonds is 7. The van der Waals surface area contributed by atoms with Gasteiger partial charge in [-0.25, -0.2) is 4.98 Å². The van der Waals surface area contributed by atoms with E-state index in [2.05, 4.69) is 10.3 Å². The number of aryl methyl sites for hydroxylation is 1. The fourth-order valence-corrected chi connectivity index (χ4v) is 5.48. The SMILES string of the molecule is COc1ccc2c(c1)c(CC(=O)OCC(=O)Nc1nc3ccc(C)cc3s1)c(C)n2C(=O)c1ccc(Cl)cc1. The van der Waals surface area contributed by atoms with Gasteiger partial charge in [-0.05, 0) is 79.6 Å². The first kappa shape index (κ1) is 26.4. The van der Waals surface area contributed by atoms with Crippen molar-refractivity contribution in [3.05, 3.63) is 88.1 Å². The standard InChI is InChI=1S/C29H24ClN3O5S/c1-16-4-10-23-25(12-16)39-29(31-23)32-26(34)15-38-27(35)14-21-17(2)33(24-11-9-20(37-3)13-22(21)24)28(36)18-5-7-19(30)8-6-18/h4-13H,14-15H2,1-3H3,(H,31,32,34). The van der Waals surface area contributed by atoms with Gasteiger partial charge in [0, 0.05) is 21.7 Å². The number of benzene rings is 3. The number of hydrogen-bond donors (Lipinski definition) is 1. The Morgan fingerprint density at radius 1 is 1.03 bits per heavy atom. The second-order valence-corrected chi connectivity index (χ2v) is 10.4. The molecule has 0 atom stereocenters. The smallest absolute Gasteiger partial charge is 0.310 e. The molecule has 0 saturated heterocycles. The number of thiazole rings is 1. The summed E-state index contributed by atoms with van der Waals surface area (Å²) in [6, 6.07) is 17.7. The molecule has 5 aromatic rings. The van der Waals surface area contributed by atoms with Crippen LogP contribution in [0.15, 0.2) is 60.7 Å². The van der Waals surface area contributed by atoms with Crippen LogP contribution in [0.2, 0.25) is 5.02 Å². The number of carbonyl (C=O) groups excluding carboxylic acids is 3. The molecule has 0 radical (unpaired) electrons. The van der Waals surface area contributed by atoms with Gasteiger partial charge < -0.3 is 9.47 Å². The Hall–Kier alpha value is -4.21. The highest BCUT2D eigenvalue weighted by Crippen LogP contribution is 2.31. The van der Waals surface area contributed by atoms with Crippen LogP contribution in [-0.4, -0.2) is 41.1 Å². The lowest BCUT2D eigenvalue weighted by Crippen LogP contribution is -2.21. The summed E-state index contributed by atoms with van der Waals surface area (Å²) in [6.45, 7) is 3.29. The molecule has 2 heterocycles. The molecular formula is C29H24ClN3O5S. The van der Waals surface area contributed by atoms with Crippen LogP contribution < -0.4 is 10.1 Å². The molecule has 0 aliphatic heterocycles. The lowest BCUT2D eigenvalue weighted by molar-refractivity contribution is -0.146. The zero-order chi connectivity index (χ0) is 27.7. The number of ether oxygens (including phenoxy) is 2. The molecule has 10 heteroatoms. The Morgan fingerprint density at radius 2 is 1.79 bits per heavy atom. The van der Waals surface area contributed by atoms with Gasteiger partial charge in [0.2, 0.25) is 0 Å². The Labute approximate surface area is 233 Å². The molecule has 0 fully saturated rings.